The molecule has 0 aliphatic rings. The highest BCUT2D eigenvalue weighted by molar-refractivity contribution is 5.95. The van der Waals surface area contributed by atoms with Gasteiger partial charge in [0, 0.05) is 18.7 Å². The van der Waals surface area contributed by atoms with Gasteiger partial charge in [-0.05, 0) is 37.8 Å². The van der Waals surface area contributed by atoms with Gasteiger partial charge in [-0.15, -0.1) is 0 Å². The number of nitrogens with one attached hydrogen (secondary N) is 2. The molecule has 0 atom stereocenters. The monoisotopic (exact) mass is 263 g/mol. The molecule has 3 amide bonds. The van der Waals surface area contributed by atoms with Crippen molar-refractivity contribution in [2.45, 2.75) is 26.2 Å². The Morgan fingerprint density at radius 1 is 1.05 bits per heavy atom. The lowest BCUT2D eigenvalue weighted by atomic mass is 10.1. The number of carbonyl (C=O) groups excluding carboxylic acids is 2. The molecule has 0 unspecified atom stereocenters. The van der Waals surface area contributed by atoms with Crippen LogP contribution in [0.2, 0.25) is 0 Å². The van der Waals surface area contributed by atoms with E-state index in [0.717, 1.165) is 30.4 Å². The molecular formula is C14H21N3O2. The molecule has 0 aliphatic heterocycles. The zero-order chi connectivity index (χ0) is 14.1. The lowest BCUT2D eigenvalue weighted by molar-refractivity contribution is 0.0952. The first-order valence-corrected chi connectivity index (χ1v) is 6.48. The highest BCUT2D eigenvalue weighted by Crippen LogP contribution is 2.06. The van der Waals surface area contributed by atoms with Crippen LogP contribution in [0.25, 0.3) is 0 Å². The maximum absolute atomic E-state index is 11.9. The van der Waals surface area contributed by atoms with Crippen LogP contribution in [0.3, 0.4) is 0 Å². The summed E-state index contributed by atoms with van der Waals surface area (Å²) in [7, 11) is 0. The molecule has 0 saturated heterocycles. The van der Waals surface area contributed by atoms with Gasteiger partial charge in [0.05, 0.1) is 0 Å². The van der Waals surface area contributed by atoms with E-state index in [1.807, 2.05) is 31.2 Å². The molecule has 1 aromatic rings. The number of primary amides is 1. The highest BCUT2D eigenvalue weighted by Gasteiger charge is 2.06. The predicted molar refractivity (Wildman–Crippen MR) is 74.9 cm³/mol. The topological polar surface area (TPSA) is 84.2 Å². The van der Waals surface area contributed by atoms with E-state index in [9.17, 15) is 9.59 Å². The van der Waals surface area contributed by atoms with Crippen molar-refractivity contribution in [1.29, 1.82) is 0 Å². The Kier molecular flexibility index (Phi) is 6.43. The minimum absolute atomic E-state index is 0.0339. The van der Waals surface area contributed by atoms with E-state index in [-0.39, 0.29) is 5.91 Å². The minimum Gasteiger partial charge on any atom is -0.352 e. The SMILES string of the molecule is Cc1ccccc1C(=O)NCCCCCNC(N)=O. The maximum Gasteiger partial charge on any atom is 0.312 e. The molecule has 0 fully saturated rings. The zero-order valence-corrected chi connectivity index (χ0v) is 11.2. The van der Waals surface area contributed by atoms with Crippen LogP contribution in [0.4, 0.5) is 4.79 Å². The second-order valence-electron chi connectivity index (χ2n) is 4.42. The van der Waals surface area contributed by atoms with E-state index in [1.165, 1.54) is 0 Å². The number of rotatable bonds is 7. The molecule has 4 N–H and O–H groups in total. The van der Waals surface area contributed by atoms with Gasteiger partial charge in [-0.1, -0.05) is 18.2 Å². The molecule has 5 nitrogen and oxygen atoms in total. The Balaban J connectivity index is 2.15. The average molecular weight is 263 g/mol. The summed E-state index contributed by atoms with van der Waals surface area (Å²) in [5.41, 5.74) is 6.64. The van der Waals surface area contributed by atoms with Crippen LogP contribution in [-0.4, -0.2) is 25.0 Å². The Hall–Kier alpha value is -2.04. The minimum atomic E-state index is -0.493. The molecule has 0 heterocycles. The van der Waals surface area contributed by atoms with Crippen LogP contribution in [-0.2, 0) is 0 Å². The molecular weight excluding hydrogens is 242 g/mol. The average Bonchev–Trinajstić information content (AvgIpc) is 2.37. The fourth-order valence-corrected chi connectivity index (χ4v) is 1.76. The summed E-state index contributed by atoms with van der Waals surface area (Å²) in [5.74, 6) is -0.0339. The molecule has 19 heavy (non-hydrogen) atoms. The molecule has 0 spiro atoms. The van der Waals surface area contributed by atoms with Crippen LogP contribution in [0.15, 0.2) is 24.3 Å². The third kappa shape index (κ3) is 5.90. The molecule has 1 rings (SSSR count). The molecule has 0 bridgehead atoms. The number of carbonyl (C=O) groups is 2. The van der Waals surface area contributed by atoms with Gasteiger partial charge in [-0.25, -0.2) is 4.79 Å². The first-order valence-electron chi connectivity index (χ1n) is 6.48. The van der Waals surface area contributed by atoms with Gasteiger partial charge >= 0.3 is 6.03 Å². The largest absolute Gasteiger partial charge is 0.352 e. The third-order valence-corrected chi connectivity index (χ3v) is 2.83. The lowest BCUT2D eigenvalue weighted by Crippen LogP contribution is -2.30. The Morgan fingerprint density at radius 2 is 1.68 bits per heavy atom. The van der Waals surface area contributed by atoms with E-state index >= 15 is 0 Å². The standard InChI is InChI=1S/C14H21N3O2/c1-11-7-3-4-8-12(11)13(18)16-9-5-2-6-10-17-14(15)19/h3-4,7-8H,2,5-6,9-10H2,1H3,(H,16,18)(H3,15,17,19). The van der Waals surface area contributed by atoms with Crippen molar-refractivity contribution in [3.05, 3.63) is 35.4 Å². The number of urea groups is 1. The van der Waals surface area contributed by atoms with Crippen molar-refractivity contribution in [2.75, 3.05) is 13.1 Å². The van der Waals surface area contributed by atoms with Crippen molar-refractivity contribution in [2.24, 2.45) is 5.73 Å². The first kappa shape index (κ1) is 15.0. The molecule has 1 aromatic carbocycles. The molecule has 0 saturated carbocycles. The number of benzene rings is 1. The summed E-state index contributed by atoms with van der Waals surface area (Å²) in [6, 6.07) is 7.02. The fraction of sp³-hybridized carbons (Fsp3) is 0.429. The van der Waals surface area contributed by atoms with Gasteiger partial charge in [-0.3, -0.25) is 4.79 Å². The Labute approximate surface area is 113 Å². The van der Waals surface area contributed by atoms with Gasteiger partial charge in [0.15, 0.2) is 0 Å². The number of hydrogen-bond acceptors (Lipinski definition) is 2. The quantitative estimate of drug-likeness (QED) is 0.652. The predicted octanol–water partition coefficient (Wildman–Crippen LogP) is 1.56. The van der Waals surface area contributed by atoms with Crippen LogP contribution in [0, 0.1) is 6.92 Å². The molecule has 0 aromatic heterocycles. The van der Waals surface area contributed by atoms with Gasteiger partial charge in [0.2, 0.25) is 0 Å². The second-order valence-corrected chi connectivity index (χ2v) is 4.42. The van der Waals surface area contributed by atoms with E-state index in [4.69, 9.17) is 5.73 Å². The van der Waals surface area contributed by atoms with E-state index in [2.05, 4.69) is 10.6 Å². The maximum atomic E-state index is 11.9. The third-order valence-electron chi connectivity index (χ3n) is 2.83. The van der Waals surface area contributed by atoms with Crippen LogP contribution < -0.4 is 16.4 Å². The first-order chi connectivity index (χ1) is 9.11. The van der Waals surface area contributed by atoms with E-state index in [0.29, 0.717) is 13.1 Å². The van der Waals surface area contributed by atoms with Gasteiger partial charge in [0.25, 0.3) is 5.91 Å². The van der Waals surface area contributed by atoms with Crippen molar-refractivity contribution in [1.82, 2.24) is 10.6 Å². The molecule has 104 valence electrons. The van der Waals surface area contributed by atoms with Crippen LogP contribution in [0.1, 0.15) is 35.2 Å². The van der Waals surface area contributed by atoms with Gasteiger partial charge in [-0.2, -0.15) is 0 Å². The summed E-state index contributed by atoms with van der Waals surface area (Å²) < 4.78 is 0. The smallest absolute Gasteiger partial charge is 0.312 e. The summed E-state index contributed by atoms with van der Waals surface area (Å²) in [4.78, 5) is 22.3. The number of amides is 3. The van der Waals surface area contributed by atoms with Crippen molar-refractivity contribution in [3.63, 3.8) is 0 Å². The number of hydrogen-bond donors (Lipinski definition) is 3. The summed E-state index contributed by atoms with van der Waals surface area (Å²) >= 11 is 0. The van der Waals surface area contributed by atoms with Crippen molar-refractivity contribution >= 4 is 11.9 Å². The molecule has 5 heteroatoms. The van der Waals surface area contributed by atoms with Gasteiger partial charge in [0.1, 0.15) is 0 Å². The summed E-state index contributed by atoms with van der Waals surface area (Å²) in [5, 5.41) is 5.42. The van der Waals surface area contributed by atoms with Crippen molar-refractivity contribution < 1.29 is 9.59 Å². The lowest BCUT2D eigenvalue weighted by Gasteiger charge is -2.07. The van der Waals surface area contributed by atoms with Crippen molar-refractivity contribution in [3.8, 4) is 0 Å². The van der Waals surface area contributed by atoms with E-state index in [1.54, 1.807) is 0 Å². The van der Waals surface area contributed by atoms with Gasteiger partial charge < -0.3 is 16.4 Å². The Morgan fingerprint density at radius 3 is 2.32 bits per heavy atom. The number of unbranched alkanes of at least 4 members (excludes halogenated alkanes) is 2. The highest BCUT2D eigenvalue weighted by atomic mass is 16.2. The number of aryl methyl sites for hydroxylation is 1. The fourth-order valence-electron chi connectivity index (χ4n) is 1.76. The Bertz CT molecular complexity index is 432. The zero-order valence-electron chi connectivity index (χ0n) is 11.2. The van der Waals surface area contributed by atoms with Crippen LogP contribution in [0.5, 0.6) is 0 Å². The molecule has 0 radical (unpaired) electrons. The summed E-state index contributed by atoms with van der Waals surface area (Å²) in [6.45, 7) is 3.15. The van der Waals surface area contributed by atoms with Crippen LogP contribution >= 0.6 is 0 Å². The second kappa shape index (κ2) is 8.13. The summed E-state index contributed by atoms with van der Waals surface area (Å²) in [6.07, 6.45) is 2.69. The number of nitrogens with two attached hydrogens (primary N) is 1. The molecule has 0 aliphatic carbocycles. The normalized spacial score (nSPS) is 9.95. The van der Waals surface area contributed by atoms with E-state index < -0.39 is 6.03 Å².